The van der Waals surface area contributed by atoms with Crippen molar-refractivity contribution in [2.45, 2.75) is 37.7 Å². The predicted molar refractivity (Wildman–Crippen MR) is 169 cm³/mol. The second-order valence-corrected chi connectivity index (χ2v) is 11.4. The van der Waals surface area contributed by atoms with Crippen molar-refractivity contribution < 1.29 is 13.9 Å². The molecule has 4 rings (SSSR count). The highest BCUT2D eigenvalue weighted by molar-refractivity contribution is 7.99. The van der Waals surface area contributed by atoms with Gasteiger partial charge in [0.2, 0.25) is 0 Å². The van der Waals surface area contributed by atoms with E-state index in [9.17, 15) is 13.9 Å². The van der Waals surface area contributed by atoms with E-state index in [1.165, 1.54) is 29.8 Å². The zero-order valence-corrected chi connectivity index (χ0v) is 25.4. The van der Waals surface area contributed by atoms with Gasteiger partial charge in [-0.3, -0.25) is 4.90 Å². The van der Waals surface area contributed by atoms with Gasteiger partial charge >= 0.3 is 0 Å². The molecule has 3 nitrogen and oxygen atoms in total. The highest BCUT2D eigenvalue weighted by Crippen LogP contribution is 2.30. The highest BCUT2D eigenvalue weighted by Gasteiger charge is 2.20. The normalized spacial score (nSPS) is 14.9. The van der Waals surface area contributed by atoms with Gasteiger partial charge in [0.25, 0.3) is 0 Å². The first-order valence-corrected chi connectivity index (χ1v) is 15.0. The zero-order chi connectivity index (χ0) is 26.6. The summed E-state index contributed by atoms with van der Waals surface area (Å²) in [6.45, 7) is 5.73. The molecular formula is C32H42Cl2F2N2OS. The van der Waals surface area contributed by atoms with Crippen molar-refractivity contribution >= 4 is 36.6 Å². The largest absolute Gasteiger partial charge is 0.391 e. The van der Waals surface area contributed by atoms with E-state index in [0.29, 0.717) is 0 Å². The van der Waals surface area contributed by atoms with Gasteiger partial charge < -0.3 is 10.0 Å². The van der Waals surface area contributed by atoms with E-state index in [-0.39, 0.29) is 48.5 Å². The van der Waals surface area contributed by atoms with Crippen LogP contribution in [-0.2, 0) is 6.42 Å². The molecule has 3 aromatic rings. The van der Waals surface area contributed by atoms with Gasteiger partial charge in [0.05, 0.1) is 6.10 Å². The first kappa shape index (κ1) is 34.5. The Morgan fingerprint density at radius 2 is 1.27 bits per heavy atom. The molecule has 1 unspecified atom stereocenters. The number of aliphatic hydroxyl groups is 1. The number of rotatable bonds is 14. The Kier molecular flexibility index (Phi) is 16.1. The molecule has 0 aromatic heterocycles. The molecule has 0 aliphatic carbocycles. The Morgan fingerprint density at radius 3 is 1.85 bits per heavy atom. The second-order valence-electron chi connectivity index (χ2n) is 10.3. The van der Waals surface area contributed by atoms with Crippen molar-refractivity contribution in [1.29, 1.82) is 0 Å². The SMILES string of the molecule is Cl.Cl.OC(CSCCCc1ccccc1)CN1CCN(CCCC(c2ccc(F)cc2)c2ccc(F)cc2)CC1. The van der Waals surface area contributed by atoms with Gasteiger partial charge in [-0.25, -0.2) is 8.78 Å². The summed E-state index contributed by atoms with van der Waals surface area (Å²) in [6, 6.07) is 24.0. The number of thioether (sulfide) groups is 1. The van der Waals surface area contributed by atoms with Crippen molar-refractivity contribution in [1.82, 2.24) is 9.80 Å². The van der Waals surface area contributed by atoms with Crippen molar-refractivity contribution in [3.05, 3.63) is 107 Å². The molecule has 1 heterocycles. The lowest BCUT2D eigenvalue weighted by molar-refractivity contribution is 0.0819. The molecule has 1 N–H and O–H groups in total. The average molecular weight is 612 g/mol. The molecule has 1 atom stereocenters. The molecule has 1 aliphatic heterocycles. The number of nitrogens with zero attached hydrogens (tertiary/aromatic N) is 2. The molecule has 1 saturated heterocycles. The number of halogens is 4. The summed E-state index contributed by atoms with van der Waals surface area (Å²) in [4.78, 5) is 4.87. The Balaban J connectivity index is 0.00000280. The topological polar surface area (TPSA) is 26.7 Å². The Morgan fingerprint density at radius 1 is 0.725 bits per heavy atom. The maximum absolute atomic E-state index is 13.5. The molecular weight excluding hydrogens is 569 g/mol. The fourth-order valence-electron chi connectivity index (χ4n) is 5.22. The molecule has 0 saturated carbocycles. The van der Waals surface area contributed by atoms with Crippen LogP contribution in [0.1, 0.15) is 41.9 Å². The van der Waals surface area contributed by atoms with Crippen molar-refractivity contribution in [2.75, 3.05) is 50.8 Å². The Hall–Kier alpha value is -1.67. The fraction of sp³-hybridized carbons (Fsp3) is 0.438. The first-order valence-electron chi connectivity index (χ1n) is 13.8. The number of hydrogen-bond acceptors (Lipinski definition) is 4. The molecule has 8 heteroatoms. The second kappa shape index (κ2) is 18.7. The average Bonchev–Trinajstić information content (AvgIpc) is 2.94. The minimum atomic E-state index is -0.282. The summed E-state index contributed by atoms with van der Waals surface area (Å²) in [7, 11) is 0. The zero-order valence-electron chi connectivity index (χ0n) is 23.0. The van der Waals surface area contributed by atoms with Crippen LogP contribution in [0.5, 0.6) is 0 Å². The van der Waals surface area contributed by atoms with Gasteiger partial charge in [0.15, 0.2) is 0 Å². The number of aryl methyl sites for hydroxylation is 1. The third-order valence-corrected chi connectivity index (χ3v) is 8.55. The first-order chi connectivity index (χ1) is 18.6. The minimum Gasteiger partial charge on any atom is -0.391 e. The van der Waals surface area contributed by atoms with E-state index < -0.39 is 0 Å². The number of aliphatic hydroxyl groups excluding tert-OH is 1. The predicted octanol–water partition coefficient (Wildman–Crippen LogP) is 7.07. The van der Waals surface area contributed by atoms with E-state index in [1.54, 1.807) is 0 Å². The monoisotopic (exact) mass is 610 g/mol. The third kappa shape index (κ3) is 11.7. The van der Waals surface area contributed by atoms with Crippen molar-refractivity contribution in [2.24, 2.45) is 0 Å². The van der Waals surface area contributed by atoms with Gasteiger partial charge in [0, 0.05) is 44.4 Å². The van der Waals surface area contributed by atoms with Gasteiger partial charge in [0.1, 0.15) is 11.6 Å². The quantitative estimate of drug-likeness (QED) is 0.198. The number of hydrogen-bond donors (Lipinski definition) is 1. The summed E-state index contributed by atoms with van der Waals surface area (Å²) < 4.78 is 27.0. The van der Waals surface area contributed by atoms with Gasteiger partial charge in [-0.1, -0.05) is 54.6 Å². The summed E-state index contributed by atoms with van der Waals surface area (Å²) >= 11 is 1.85. The van der Waals surface area contributed by atoms with E-state index >= 15 is 0 Å². The molecule has 0 spiro atoms. The van der Waals surface area contributed by atoms with Crippen LogP contribution in [0.25, 0.3) is 0 Å². The van der Waals surface area contributed by atoms with Gasteiger partial charge in [-0.05, 0) is 78.9 Å². The molecule has 0 bridgehead atoms. The molecule has 1 aliphatic rings. The number of piperazine rings is 1. The standard InChI is InChI=1S/C32H40F2N2OS.2ClH/c33-29-14-10-27(11-15-29)32(28-12-16-30(34)17-13-28)9-4-18-35-19-21-36(22-20-35)24-31(37)25-38-23-5-8-26-6-2-1-3-7-26;;/h1-3,6-7,10-17,31-32,37H,4-5,8-9,18-25H2;2*1H. The van der Waals surface area contributed by atoms with E-state index in [2.05, 4.69) is 40.1 Å². The highest BCUT2D eigenvalue weighted by atomic mass is 35.5. The molecule has 0 amide bonds. The van der Waals surface area contributed by atoms with Crippen molar-refractivity contribution in [3.63, 3.8) is 0 Å². The van der Waals surface area contributed by atoms with Gasteiger partial charge in [-0.2, -0.15) is 11.8 Å². The van der Waals surface area contributed by atoms with Crippen LogP contribution in [-0.4, -0.2) is 71.8 Å². The van der Waals surface area contributed by atoms with Crippen LogP contribution in [0, 0.1) is 11.6 Å². The molecule has 0 radical (unpaired) electrons. The van der Waals surface area contributed by atoms with Crippen LogP contribution in [0.3, 0.4) is 0 Å². The smallest absolute Gasteiger partial charge is 0.123 e. The van der Waals surface area contributed by atoms with Crippen LogP contribution >= 0.6 is 36.6 Å². The lowest BCUT2D eigenvalue weighted by Crippen LogP contribution is -2.49. The molecule has 40 heavy (non-hydrogen) atoms. The van der Waals surface area contributed by atoms with E-state index in [0.717, 1.165) is 87.6 Å². The summed E-state index contributed by atoms with van der Waals surface area (Å²) in [6.07, 6.45) is 3.90. The number of β-amino-alcohol motifs (C(OH)–C–C–N with tert-alkyl or cyclic N) is 1. The molecule has 1 fully saturated rings. The van der Waals surface area contributed by atoms with E-state index in [1.807, 2.05) is 36.0 Å². The lowest BCUT2D eigenvalue weighted by Gasteiger charge is -2.35. The van der Waals surface area contributed by atoms with Crippen LogP contribution < -0.4 is 0 Å². The summed E-state index contributed by atoms with van der Waals surface area (Å²) in [5.41, 5.74) is 3.51. The molecule has 220 valence electrons. The Bertz CT molecular complexity index is 1020. The van der Waals surface area contributed by atoms with Crippen LogP contribution in [0.2, 0.25) is 0 Å². The Labute approximate surface area is 255 Å². The maximum atomic E-state index is 13.5. The maximum Gasteiger partial charge on any atom is 0.123 e. The fourth-order valence-corrected chi connectivity index (χ4v) is 6.12. The van der Waals surface area contributed by atoms with Gasteiger partial charge in [-0.15, -0.1) is 24.8 Å². The van der Waals surface area contributed by atoms with Crippen molar-refractivity contribution in [3.8, 4) is 0 Å². The summed E-state index contributed by atoms with van der Waals surface area (Å²) in [5, 5.41) is 10.5. The summed E-state index contributed by atoms with van der Waals surface area (Å²) in [5.74, 6) is 1.52. The van der Waals surface area contributed by atoms with Crippen LogP contribution in [0.15, 0.2) is 78.9 Å². The minimum absolute atomic E-state index is 0. The van der Waals surface area contributed by atoms with Crippen LogP contribution in [0.4, 0.5) is 8.78 Å². The lowest BCUT2D eigenvalue weighted by atomic mass is 9.87. The van der Waals surface area contributed by atoms with E-state index in [4.69, 9.17) is 0 Å². The third-order valence-electron chi connectivity index (χ3n) is 7.35. The molecule has 3 aromatic carbocycles. The number of benzene rings is 3.